The van der Waals surface area contributed by atoms with Gasteiger partial charge in [0.25, 0.3) is 0 Å². The third kappa shape index (κ3) is 2.28. The Morgan fingerprint density at radius 3 is 2.90 bits per heavy atom. The molecular formula is C17H18FN3. The molecule has 4 rings (SSSR count). The second kappa shape index (κ2) is 4.79. The van der Waals surface area contributed by atoms with E-state index in [1.165, 1.54) is 17.3 Å². The molecular weight excluding hydrogens is 265 g/mol. The van der Waals surface area contributed by atoms with Crippen LogP contribution in [0.4, 0.5) is 10.2 Å². The van der Waals surface area contributed by atoms with E-state index in [-0.39, 0.29) is 11.2 Å². The van der Waals surface area contributed by atoms with Crippen LogP contribution in [-0.2, 0) is 18.3 Å². The van der Waals surface area contributed by atoms with Crippen LogP contribution in [-0.4, -0.2) is 16.5 Å². The van der Waals surface area contributed by atoms with E-state index in [0.717, 1.165) is 50.0 Å². The van der Waals surface area contributed by atoms with Gasteiger partial charge >= 0.3 is 0 Å². The molecule has 1 fully saturated rings. The number of hydrogen-bond donors (Lipinski definition) is 1. The maximum atomic E-state index is 13.4. The molecule has 2 aliphatic rings. The molecule has 3 nitrogen and oxygen atoms in total. The number of aryl methyl sites for hydroxylation is 1. The lowest BCUT2D eigenvalue weighted by molar-refractivity contribution is 0.618. The minimum absolute atomic E-state index is 0.0819. The van der Waals surface area contributed by atoms with E-state index in [4.69, 9.17) is 0 Å². The van der Waals surface area contributed by atoms with Crippen molar-refractivity contribution in [2.45, 2.75) is 37.5 Å². The van der Waals surface area contributed by atoms with Crippen LogP contribution in [0.1, 0.15) is 36.1 Å². The van der Waals surface area contributed by atoms with E-state index in [2.05, 4.69) is 15.3 Å². The Morgan fingerprint density at radius 2 is 2.10 bits per heavy atom. The van der Waals surface area contributed by atoms with Crippen LogP contribution in [0.3, 0.4) is 0 Å². The van der Waals surface area contributed by atoms with Gasteiger partial charge in [-0.25, -0.2) is 14.4 Å². The Balaban J connectivity index is 1.54. The Labute approximate surface area is 123 Å². The summed E-state index contributed by atoms with van der Waals surface area (Å²) in [6, 6.07) is 7.00. The molecule has 1 N–H and O–H groups in total. The molecule has 21 heavy (non-hydrogen) atoms. The number of anilines is 1. The molecule has 0 spiro atoms. The van der Waals surface area contributed by atoms with Gasteiger partial charge in [0.15, 0.2) is 0 Å². The van der Waals surface area contributed by atoms with Crippen molar-refractivity contribution in [3.63, 3.8) is 0 Å². The van der Waals surface area contributed by atoms with Crippen LogP contribution in [0, 0.1) is 5.82 Å². The van der Waals surface area contributed by atoms with Crippen molar-refractivity contribution in [2.75, 3.05) is 11.9 Å². The van der Waals surface area contributed by atoms with Gasteiger partial charge in [-0.3, -0.25) is 0 Å². The van der Waals surface area contributed by atoms with Gasteiger partial charge in [-0.15, -0.1) is 0 Å². The van der Waals surface area contributed by atoms with Gasteiger partial charge in [-0.1, -0.05) is 12.1 Å². The summed E-state index contributed by atoms with van der Waals surface area (Å²) in [6.07, 6.45) is 7.15. The first-order chi connectivity index (χ1) is 10.3. The molecule has 1 aromatic heterocycles. The lowest BCUT2D eigenvalue weighted by Crippen LogP contribution is -2.21. The molecule has 0 amide bonds. The van der Waals surface area contributed by atoms with E-state index < -0.39 is 0 Å². The monoisotopic (exact) mass is 283 g/mol. The quantitative estimate of drug-likeness (QED) is 0.936. The van der Waals surface area contributed by atoms with E-state index >= 15 is 0 Å². The lowest BCUT2D eigenvalue weighted by Gasteiger charge is -2.18. The molecule has 0 saturated heterocycles. The van der Waals surface area contributed by atoms with Gasteiger partial charge in [-0.2, -0.15) is 0 Å². The molecule has 0 bridgehead atoms. The first kappa shape index (κ1) is 12.7. The maximum Gasteiger partial charge on any atom is 0.132 e. The summed E-state index contributed by atoms with van der Waals surface area (Å²) in [6.45, 7) is 0.819. The first-order valence-electron chi connectivity index (χ1n) is 7.60. The van der Waals surface area contributed by atoms with Crippen molar-refractivity contribution >= 4 is 5.82 Å². The molecule has 2 aromatic rings. The summed E-state index contributed by atoms with van der Waals surface area (Å²) in [4.78, 5) is 8.75. The van der Waals surface area contributed by atoms with Gasteiger partial charge < -0.3 is 5.32 Å². The zero-order chi connectivity index (χ0) is 14.3. The van der Waals surface area contributed by atoms with E-state index in [9.17, 15) is 4.39 Å². The van der Waals surface area contributed by atoms with Crippen LogP contribution in [0.15, 0.2) is 30.6 Å². The summed E-state index contributed by atoms with van der Waals surface area (Å²) in [5.74, 6) is 0.821. The van der Waals surface area contributed by atoms with E-state index in [1.807, 2.05) is 6.07 Å². The predicted octanol–water partition coefficient (Wildman–Crippen LogP) is 3.25. The van der Waals surface area contributed by atoms with Crippen LogP contribution in [0.25, 0.3) is 0 Å². The van der Waals surface area contributed by atoms with Crippen molar-refractivity contribution in [3.05, 3.63) is 53.2 Å². The van der Waals surface area contributed by atoms with Crippen molar-refractivity contribution in [3.8, 4) is 0 Å². The second-order valence-electron chi connectivity index (χ2n) is 6.15. The largest absolute Gasteiger partial charge is 0.369 e. The van der Waals surface area contributed by atoms with Gasteiger partial charge in [-0.05, 0) is 49.8 Å². The van der Waals surface area contributed by atoms with Crippen molar-refractivity contribution in [1.29, 1.82) is 0 Å². The van der Waals surface area contributed by atoms with Crippen LogP contribution < -0.4 is 5.32 Å². The number of halogens is 1. The lowest BCUT2D eigenvalue weighted by atomic mass is 9.96. The van der Waals surface area contributed by atoms with Crippen LogP contribution in [0.5, 0.6) is 0 Å². The fourth-order valence-electron chi connectivity index (χ4n) is 3.30. The Kier molecular flexibility index (Phi) is 2.91. The summed E-state index contributed by atoms with van der Waals surface area (Å²) >= 11 is 0. The van der Waals surface area contributed by atoms with Gasteiger partial charge in [0.1, 0.15) is 18.0 Å². The Bertz CT molecular complexity index is 679. The van der Waals surface area contributed by atoms with Gasteiger partial charge in [0.2, 0.25) is 0 Å². The van der Waals surface area contributed by atoms with Crippen molar-refractivity contribution < 1.29 is 4.39 Å². The molecule has 108 valence electrons. The van der Waals surface area contributed by atoms with Crippen molar-refractivity contribution in [2.24, 2.45) is 0 Å². The zero-order valence-electron chi connectivity index (χ0n) is 11.9. The highest BCUT2D eigenvalue weighted by atomic mass is 19.1. The van der Waals surface area contributed by atoms with Gasteiger partial charge in [0, 0.05) is 23.2 Å². The van der Waals surface area contributed by atoms with Gasteiger partial charge in [0.05, 0.1) is 0 Å². The Hall–Kier alpha value is -1.97. The number of rotatable bonds is 4. The highest BCUT2D eigenvalue weighted by Gasteiger charge is 2.44. The molecule has 1 aromatic carbocycles. The zero-order valence-corrected chi connectivity index (χ0v) is 11.9. The Morgan fingerprint density at radius 1 is 1.19 bits per heavy atom. The summed E-state index contributed by atoms with van der Waals surface area (Å²) in [5, 5.41) is 3.49. The molecule has 0 radical (unpaired) electrons. The highest BCUT2D eigenvalue weighted by Crippen LogP contribution is 2.48. The third-order valence-corrected chi connectivity index (χ3v) is 4.76. The normalized spacial score (nSPS) is 18.3. The smallest absolute Gasteiger partial charge is 0.132 e. The fraction of sp³-hybridized carbons (Fsp3) is 0.412. The van der Waals surface area contributed by atoms with Crippen molar-refractivity contribution in [1.82, 2.24) is 9.97 Å². The number of benzene rings is 1. The minimum atomic E-state index is -0.151. The molecule has 4 heteroatoms. The number of hydrogen-bond acceptors (Lipinski definition) is 3. The number of nitrogens with one attached hydrogen (secondary N) is 1. The topological polar surface area (TPSA) is 37.8 Å². The second-order valence-corrected chi connectivity index (χ2v) is 6.15. The number of nitrogens with zero attached hydrogens (tertiary/aromatic N) is 2. The number of aromatic nitrogens is 2. The predicted molar refractivity (Wildman–Crippen MR) is 79.9 cm³/mol. The molecule has 0 atom stereocenters. The third-order valence-electron chi connectivity index (χ3n) is 4.76. The number of fused-ring (bicyclic) bond motifs is 1. The molecule has 1 saturated carbocycles. The van der Waals surface area contributed by atoms with Crippen LogP contribution >= 0.6 is 0 Å². The molecule has 0 unspecified atom stereocenters. The average molecular weight is 283 g/mol. The van der Waals surface area contributed by atoms with Crippen LogP contribution in [0.2, 0.25) is 0 Å². The van der Waals surface area contributed by atoms with E-state index in [0.29, 0.717) is 0 Å². The van der Waals surface area contributed by atoms with E-state index in [1.54, 1.807) is 18.5 Å². The first-order valence-corrected chi connectivity index (χ1v) is 7.60. The molecule has 1 heterocycles. The summed E-state index contributed by atoms with van der Waals surface area (Å²) in [7, 11) is 0. The molecule has 0 aliphatic heterocycles. The highest BCUT2D eigenvalue weighted by molar-refractivity contribution is 5.49. The summed E-state index contributed by atoms with van der Waals surface area (Å²) in [5.41, 5.74) is 3.63. The minimum Gasteiger partial charge on any atom is -0.369 e. The average Bonchev–Trinajstić information content (AvgIpc) is 3.14. The standard InChI is InChI=1S/C17H18FN3/c18-13-4-1-3-12(9-13)17(7-8-17)10-19-16-14-5-2-6-15(14)20-11-21-16/h1,3-4,9,11H,2,5-8,10H2,(H,19,20,21). The SMILES string of the molecule is Fc1cccc(C2(CNc3ncnc4c3CCC4)CC2)c1. The maximum absolute atomic E-state index is 13.4. The summed E-state index contributed by atoms with van der Waals surface area (Å²) < 4.78 is 13.4. The molecule has 2 aliphatic carbocycles. The fourth-order valence-corrected chi connectivity index (χ4v) is 3.30.